The van der Waals surface area contributed by atoms with Crippen LogP contribution in [-0.4, -0.2) is 0 Å². The quantitative estimate of drug-likeness (QED) is 0.621. The fraction of sp³-hybridized carbons (Fsp3) is 0.0769. The number of nitrogen functional groups attached to an aromatic ring is 1. The van der Waals surface area contributed by atoms with Gasteiger partial charge in [-0.1, -0.05) is 30.4 Å². The number of anilines is 1. The van der Waals surface area contributed by atoms with Crippen molar-refractivity contribution in [2.24, 2.45) is 0 Å². The lowest BCUT2D eigenvalue weighted by Crippen LogP contribution is -1.94. The summed E-state index contributed by atoms with van der Waals surface area (Å²) in [6.45, 7) is 0. The molecule has 2 N–H and O–H groups in total. The standard InChI is InChI=1S/C13H11N/c14-12-7-10-5-1-3-9-4-2-6-11(8-12)13(9)10/h1-3,5-8H,4,14H2. The van der Waals surface area contributed by atoms with Crippen LogP contribution in [0.15, 0.2) is 36.4 Å². The maximum absolute atomic E-state index is 5.84. The van der Waals surface area contributed by atoms with Crippen molar-refractivity contribution < 1.29 is 0 Å². The fourth-order valence-electron chi connectivity index (χ4n) is 2.18. The maximum atomic E-state index is 5.84. The molecule has 0 atom stereocenters. The summed E-state index contributed by atoms with van der Waals surface area (Å²) < 4.78 is 0. The van der Waals surface area contributed by atoms with E-state index < -0.39 is 0 Å². The van der Waals surface area contributed by atoms with E-state index in [9.17, 15) is 0 Å². The first-order chi connectivity index (χ1) is 6.84. The van der Waals surface area contributed by atoms with Gasteiger partial charge in [0.05, 0.1) is 0 Å². The molecule has 0 saturated carbocycles. The first-order valence-corrected chi connectivity index (χ1v) is 4.82. The van der Waals surface area contributed by atoms with E-state index in [1.165, 1.54) is 21.9 Å². The predicted octanol–water partition coefficient (Wildman–Crippen LogP) is 2.99. The zero-order valence-electron chi connectivity index (χ0n) is 7.83. The van der Waals surface area contributed by atoms with Gasteiger partial charge in [-0.05, 0) is 40.5 Å². The van der Waals surface area contributed by atoms with E-state index in [2.05, 4.69) is 30.4 Å². The second kappa shape index (κ2) is 2.61. The van der Waals surface area contributed by atoms with Crippen LogP contribution in [0, 0.1) is 0 Å². The Balaban J connectivity index is 2.53. The van der Waals surface area contributed by atoms with Crippen LogP contribution >= 0.6 is 0 Å². The first-order valence-electron chi connectivity index (χ1n) is 4.82. The van der Waals surface area contributed by atoms with Crippen LogP contribution in [0.5, 0.6) is 0 Å². The molecule has 0 saturated heterocycles. The lowest BCUT2D eigenvalue weighted by molar-refractivity contribution is 1.29. The van der Waals surface area contributed by atoms with Crippen molar-refractivity contribution >= 4 is 22.5 Å². The molecule has 2 aromatic carbocycles. The summed E-state index contributed by atoms with van der Waals surface area (Å²) in [4.78, 5) is 0. The van der Waals surface area contributed by atoms with Crippen LogP contribution in [0.25, 0.3) is 16.8 Å². The van der Waals surface area contributed by atoms with Crippen molar-refractivity contribution in [2.75, 3.05) is 5.73 Å². The molecule has 0 unspecified atom stereocenters. The van der Waals surface area contributed by atoms with Crippen molar-refractivity contribution in [3.8, 4) is 0 Å². The van der Waals surface area contributed by atoms with Crippen molar-refractivity contribution in [1.82, 2.24) is 0 Å². The lowest BCUT2D eigenvalue weighted by atomic mass is 9.93. The minimum atomic E-state index is 0.844. The summed E-state index contributed by atoms with van der Waals surface area (Å²) in [6, 6.07) is 10.5. The molecular weight excluding hydrogens is 170 g/mol. The third-order valence-electron chi connectivity index (χ3n) is 2.75. The average molecular weight is 181 g/mol. The maximum Gasteiger partial charge on any atom is 0.0326 e. The Kier molecular flexibility index (Phi) is 1.42. The average Bonchev–Trinajstić information content (AvgIpc) is 2.18. The van der Waals surface area contributed by atoms with Crippen molar-refractivity contribution in [1.29, 1.82) is 0 Å². The van der Waals surface area contributed by atoms with E-state index in [0.29, 0.717) is 0 Å². The monoisotopic (exact) mass is 181 g/mol. The molecule has 2 aromatic rings. The van der Waals surface area contributed by atoms with Crippen LogP contribution in [-0.2, 0) is 6.42 Å². The van der Waals surface area contributed by atoms with Gasteiger partial charge in [0.15, 0.2) is 0 Å². The Bertz CT molecular complexity index is 538. The third-order valence-corrected chi connectivity index (χ3v) is 2.75. The van der Waals surface area contributed by atoms with Crippen LogP contribution in [0.3, 0.4) is 0 Å². The van der Waals surface area contributed by atoms with Gasteiger partial charge in [-0.2, -0.15) is 0 Å². The van der Waals surface area contributed by atoms with E-state index in [-0.39, 0.29) is 0 Å². The molecule has 0 bridgehead atoms. The molecule has 1 aliphatic rings. The topological polar surface area (TPSA) is 26.0 Å². The molecule has 0 heterocycles. The fourth-order valence-corrected chi connectivity index (χ4v) is 2.18. The molecule has 0 spiro atoms. The van der Waals surface area contributed by atoms with Gasteiger partial charge in [-0.3, -0.25) is 0 Å². The molecule has 0 fully saturated rings. The van der Waals surface area contributed by atoms with Crippen LogP contribution in [0.1, 0.15) is 11.1 Å². The molecule has 1 heteroatoms. The summed E-state index contributed by atoms with van der Waals surface area (Å²) in [7, 11) is 0. The molecule has 0 radical (unpaired) electrons. The highest BCUT2D eigenvalue weighted by atomic mass is 14.5. The van der Waals surface area contributed by atoms with Gasteiger partial charge >= 0.3 is 0 Å². The van der Waals surface area contributed by atoms with E-state index in [4.69, 9.17) is 5.73 Å². The predicted molar refractivity (Wildman–Crippen MR) is 61.1 cm³/mol. The highest BCUT2D eigenvalue weighted by Crippen LogP contribution is 2.30. The Morgan fingerprint density at radius 3 is 3.00 bits per heavy atom. The summed E-state index contributed by atoms with van der Waals surface area (Å²) in [5, 5.41) is 2.62. The molecule has 0 aliphatic heterocycles. The number of hydrogen-bond donors (Lipinski definition) is 1. The van der Waals surface area contributed by atoms with Crippen LogP contribution in [0.2, 0.25) is 0 Å². The Labute approximate surface area is 82.9 Å². The Morgan fingerprint density at radius 2 is 2.07 bits per heavy atom. The zero-order valence-corrected chi connectivity index (χ0v) is 7.83. The van der Waals surface area contributed by atoms with Crippen molar-refractivity contribution in [3.63, 3.8) is 0 Å². The van der Waals surface area contributed by atoms with E-state index >= 15 is 0 Å². The van der Waals surface area contributed by atoms with Crippen molar-refractivity contribution in [2.45, 2.75) is 6.42 Å². The van der Waals surface area contributed by atoms with E-state index in [1.807, 2.05) is 12.1 Å². The summed E-state index contributed by atoms with van der Waals surface area (Å²) in [5.74, 6) is 0. The molecular formula is C13H11N. The van der Waals surface area contributed by atoms with Gasteiger partial charge in [-0.15, -0.1) is 0 Å². The first kappa shape index (κ1) is 7.63. The van der Waals surface area contributed by atoms with Crippen LogP contribution in [0.4, 0.5) is 5.69 Å². The molecule has 1 aliphatic carbocycles. The summed E-state index contributed by atoms with van der Waals surface area (Å²) >= 11 is 0. The minimum absolute atomic E-state index is 0.844. The number of allylic oxidation sites excluding steroid dienone is 1. The normalized spacial score (nSPS) is 13.4. The highest BCUT2D eigenvalue weighted by molar-refractivity contribution is 5.97. The summed E-state index contributed by atoms with van der Waals surface area (Å²) in [6.07, 6.45) is 5.39. The Hall–Kier alpha value is -1.76. The third kappa shape index (κ3) is 0.956. The molecule has 68 valence electrons. The smallest absolute Gasteiger partial charge is 0.0326 e. The molecule has 1 nitrogen and oxygen atoms in total. The van der Waals surface area contributed by atoms with Gasteiger partial charge in [0.1, 0.15) is 0 Å². The van der Waals surface area contributed by atoms with Gasteiger partial charge in [0.2, 0.25) is 0 Å². The number of nitrogens with two attached hydrogens (primary N) is 1. The highest BCUT2D eigenvalue weighted by Gasteiger charge is 2.08. The van der Waals surface area contributed by atoms with Gasteiger partial charge in [-0.25, -0.2) is 0 Å². The van der Waals surface area contributed by atoms with E-state index in [1.54, 1.807) is 0 Å². The van der Waals surface area contributed by atoms with Gasteiger partial charge in [0.25, 0.3) is 0 Å². The molecule has 14 heavy (non-hydrogen) atoms. The second-order valence-corrected chi connectivity index (χ2v) is 3.73. The zero-order chi connectivity index (χ0) is 9.54. The molecule has 3 rings (SSSR count). The molecule has 0 amide bonds. The minimum Gasteiger partial charge on any atom is -0.399 e. The lowest BCUT2D eigenvalue weighted by Gasteiger charge is -2.13. The van der Waals surface area contributed by atoms with E-state index in [0.717, 1.165) is 12.1 Å². The largest absolute Gasteiger partial charge is 0.399 e. The number of rotatable bonds is 0. The second-order valence-electron chi connectivity index (χ2n) is 3.73. The number of benzene rings is 2. The SMILES string of the molecule is Nc1cc2c3c(cccc3c1)CC=C2. The Morgan fingerprint density at radius 1 is 1.14 bits per heavy atom. The van der Waals surface area contributed by atoms with Crippen LogP contribution < -0.4 is 5.73 Å². The number of hydrogen-bond acceptors (Lipinski definition) is 1. The van der Waals surface area contributed by atoms with Gasteiger partial charge < -0.3 is 5.73 Å². The van der Waals surface area contributed by atoms with Crippen molar-refractivity contribution in [3.05, 3.63) is 47.5 Å². The summed E-state index contributed by atoms with van der Waals surface area (Å²) in [5.41, 5.74) is 9.34. The molecule has 0 aromatic heterocycles. The van der Waals surface area contributed by atoms with Gasteiger partial charge in [0, 0.05) is 5.69 Å².